The van der Waals surface area contributed by atoms with Gasteiger partial charge in [0, 0.05) is 38.7 Å². The molecule has 3 amide bonds. The Labute approximate surface area is 255 Å². The molecule has 1 saturated heterocycles. The Morgan fingerprint density at radius 3 is 2.18 bits per heavy atom. The lowest BCUT2D eigenvalue weighted by atomic mass is 9.80. The number of benzene rings is 1. The van der Waals surface area contributed by atoms with Gasteiger partial charge in [-0.1, -0.05) is 17.7 Å². The van der Waals surface area contributed by atoms with Crippen molar-refractivity contribution in [3.05, 3.63) is 41.6 Å². The molecule has 0 radical (unpaired) electrons. The number of hydrogen-bond donors (Lipinski definition) is 2. The van der Waals surface area contributed by atoms with E-state index in [0.29, 0.717) is 18.5 Å². The zero-order valence-electron chi connectivity index (χ0n) is 25.2. The summed E-state index contributed by atoms with van der Waals surface area (Å²) in [5.41, 5.74) is 0.309. The smallest absolute Gasteiger partial charge is 0.409 e. The molecule has 2 fully saturated rings. The number of carboxylic acid groups (broad SMARTS) is 1. The molecular formula is C30H39N5O9. The molecule has 1 unspecified atom stereocenters. The van der Waals surface area contributed by atoms with E-state index < -0.39 is 41.5 Å². The number of aliphatic carboxylic acids is 1. The van der Waals surface area contributed by atoms with Crippen LogP contribution in [0.25, 0.3) is 5.69 Å². The van der Waals surface area contributed by atoms with Crippen LogP contribution in [-0.2, 0) is 23.9 Å². The van der Waals surface area contributed by atoms with Gasteiger partial charge < -0.3 is 34.4 Å². The summed E-state index contributed by atoms with van der Waals surface area (Å²) < 4.78 is 17.9. The third-order valence-electron chi connectivity index (χ3n) is 7.66. The summed E-state index contributed by atoms with van der Waals surface area (Å²) >= 11 is 0. The minimum absolute atomic E-state index is 0.0841. The summed E-state index contributed by atoms with van der Waals surface area (Å²) in [4.78, 5) is 66.2. The molecule has 2 aromatic rings. The van der Waals surface area contributed by atoms with Crippen molar-refractivity contribution in [3.8, 4) is 11.6 Å². The van der Waals surface area contributed by atoms with E-state index in [9.17, 15) is 29.1 Å². The molecule has 2 heterocycles. The Balaban J connectivity index is 1.56. The maximum absolute atomic E-state index is 13.5. The number of aromatic nitrogens is 2. The largest absolute Gasteiger partial charge is 0.481 e. The second kappa shape index (κ2) is 14.2. The summed E-state index contributed by atoms with van der Waals surface area (Å²) in [5.74, 6) is -2.64. The number of aryl methyl sites for hydroxylation is 1. The van der Waals surface area contributed by atoms with Crippen LogP contribution in [0.5, 0.6) is 5.88 Å². The average molecular weight is 614 g/mol. The quantitative estimate of drug-likeness (QED) is 0.339. The molecule has 14 heteroatoms. The molecule has 1 atom stereocenters. The molecule has 1 aromatic carbocycles. The Hall–Kier alpha value is -4.62. The van der Waals surface area contributed by atoms with E-state index in [1.807, 2.05) is 19.1 Å². The highest BCUT2D eigenvalue weighted by atomic mass is 16.6. The second-order valence-electron chi connectivity index (χ2n) is 10.8. The highest BCUT2D eigenvalue weighted by Crippen LogP contribution is 2.38. The van der Waals surface area contributed by atoms with E-state index in [2.05, 4.69) is 10.4 Å². The summed E-state index contributed by atoms with van der Waals surface area (Å²) in [5, 5.41) is 16.4. The summed E-state index contributed by atoms with van der Waals surface area (Å²) in [6, 6.07) is 7.57. The normalized spacial score (nSPS) is 16.3. The molecule has 14 nitrogen and oxygen atoms in total. The highest BCUT2D eigenvalue weighted by molar-refractivity contribution is 5.96. The lowest BCUT2D eigenvalue weighted by Gasteiger charge is -2.38. The van der Waals surface area contributed by atoms with Crippen LogP contribution in [0.15, 0.2) is 30.3 Å². The first-order valence-corrected chi connectivity index (χ1v) is 14.8. The van der Waals surface area contributed by atoms with E-state index in [4.69, 9.17) is 14.2 Å². The van der Waals surface area contributed by atoms with Crippen LogP contribution in [0, 0.1) is 6.92 Å². The van der Waals surface area contributed by atoms with E-state index in [-0.39, 0.29) is 63.8 Å². The minimum atomic E-state index is -1.20. The summed E-state index contributed by atoms with van der Waals surface area (Å²) in [6.45, 7) is 6.67. The molecule has 238 valence electrons. The number of hydrogen-bond acceptors (Lipinski definition) is 9. The van der Waals surface area contributed by atoms with Gasteiger partial charge in [0.05, 0.1) is 18.9 Å². The number of ether oxygens (including phenoxy) is 3. The molecule has 44 heavy (non-hydrogen) atoms. The number of nitrogens with one attached hydrogen (secondary N) is 1. The fourth-order valence-corrected chi connectivity index (χ4v) is 5.03. The minimum Gasteiger partial charge on any atom is -0.481 e. The van der Waals surface area contributed by atoms with E-state index in [1.165, 1.54) is 20.5 Å². The maximum Gasteiger partial charge on any atom is 0.409 e. The Morgan fingerprint density at radius 1 is 0.977 bits per heavy atom. The number of piperazine rings is 1. The lowest BCUT2D eigenvalue weighted by molar-refractivity contribution is -0.170. The van der Waals surface area contributed by atoms with Crippen molar-refractivity contribution in [3.63, 3.8) is 0 Å². The topological polar surface area (TPSA) is 170 Å². The van der Waals surface area contributed by atoms with Gasteiger partial charge in [0.15, 0.2) is 5.69 Å². The van der Waals surface area contributed by atoms with E-state index in [1.54, 1.807) is 26.0 Å². The maximum atomic E-state index is 13.5. The lowest BCUT2D eigenvalue weighted by Crippen LogP contribution is -2.56. The van der Waals surface area contributed by atoms with Gasteiger partial charge in [0.1, 0.15) is 6.04 Å². The van der Waals surface area contributed by atoms with Crippen LogP contribution < -0.4 is 10.1 Å². The van der Waals surface area contributed by atoms with Gasteiger partial charge in [-0.3, -0.25) is 14.4 Å². The first-order chi connectivity index (χ1) is 21.1. The van der Waals surface area contributed by atoms with Gasteiger partial charge in [-0.25, -0.2) is 14.3 Å². The Kier molecular flexibility index (Phi) is 10.4. The Morgan fingerprint density at radius 2 is 1.61 bits per heavy atom. The summed E-state index contributed by atoms with van der Waals surface area (Å²) in [6.07, 6.45) is 0.694. The molecule has 1 aromatic heterocycles. The molecule has 4 rings (SSSR count). The molecule has 0 spiro atoms. The van der Waals surface area contributed by atoms with Crippen molar-refractivity contribution < 1.29 is 43.3 Å². The van der Waals surface area contributed by atoms with Crippen LogP contribution in [-0.4, -0.2) is 106 Å². The standard InChI is InChI=1S/C30H39N5O9/c1-4-42-28(40)30(13-6-14-30)44-24-19-23(32-35(24)21-9-7-20(3)8-10-21)26(38)31-22(11-12-25(36)37)27(39)33-15-17-34(18-16-33)29(41)43-5-2/h7-10,19,22H,4-6,11-18H2,1-3H3,(H,31,38)(H,36,37). The highest BCUT2D eigenvalue weighted by Gasteiger charge is 2.49. The van der Waals surface area contributed by atoms with Crippen molar-refractivity contribution in [2.24, 2.45) is 0 Å². The van der Waals surface area contributed by atoms with Crippen LogP contribution in [0.3, 0.4) is 0 Å². The number of carbonyl (C=O) groups excluding carboxylic acids is 4. The number of rotatable bonds is 12. The van der Waals surface area contributed by atoms with Gasteiger partial charge in [0.25, 0.3) is 5.91 Å². The SMILES string of the molecule is CCOC(=O)N1CCN(C(=O)C(CCC(=O)O)NC(=O)c2cc(OC3(C(=O)OCC)CCC3)n(-c3ccc(C)cc3)n2)CC1. The number of carbonyl (C=O) groups is 5. The van der Waals surface area contributed by atoms with E-state index in [0.717, 1.165) is 12.0 Å². The molecule has 2 N–H and O–H groups in total. The third kappa shape index (κ3) is 7.47. The fraction of sp³-hybridized carbons (Fsp3) is 0.533. The van der Waals surface area contributed by atoms with Gasteiger partial charge in [-0.05, 0) is 58.6 Å². The van der Waals surface area contributed by atoms with Crippen LogP contribution in [0.1, 0.15) is 62.0 Å². The molecule has 1 saturated carbocycles. The first-order valence-electron chi connectivity index (χ1n) is 14.8. The third-order valence-corrected chi connectivity index (χ3v) is 7.66. The molecular weight excluding hydrogens is 574 g/mol. The van der Waals surface area contributed by atoms with E-state index >= 15 is 0 Å². The van der Waals surface area contributed by atoms with Crippen molar-refractivity contribution in [1.29, 1.82) is 0 Å². The van der Waals surface area contributed by atoms with Crippen LogP contribution in [0.2, 0.25) is 0 Å². The summed E-state index contributed by atoms with van der Waals surface area (Å²) in [7, 11) is 0. The number of nitrogens with zero attached hydrogens (tertiary/aromatic N) is 4. The molecule has 2 aliphatic rings. The van der Waals surface area contributed by atoms with Crippen molar-refractivity contribution in [2.45, 2.75) is 64.5 Å². The average Bonchev–Trinajstić information content (AvgIpc) is 3.41. The monoisotopic (exact) mass is 613 g/mol. The van der Waals surface area contributed by atoms with Crippen molar-refractivity contribution in [1.82, 2.24) is 24.9 Å². The predicted octanol–water partition coefficient (Wildman–Crippen LogP) is 2.31. The predicted molar refractivity (Wildman–Crippen MR) is 155 cm³/mol. The molecule has 0 bridgehead atoms. The van der Waals surface area contributed by atoms with Gasteiger partial charge in [0.2, 0.25) is 17.4 Å². The van der Waals surface area contributed by atoms with Crippen LogP contribution in [0.4, 0.5) is 4.79 Å². The van der Waals surface area contributed by atoms with Crippen LogP contribution >= 0.6 is 0 Å². The van der Waals surface area contributed by atoms with Crippen molar-refractivity contribution >= 4 is 29.8 Å². The van der Waals surface area contributed by atoms with Gasteiger partial charge >= 0.3 is 18.0 Å². The number of esters is 1. The second-order valence-corrected chi connectivity index (χ2v) is 10.8. The fourth-order valence-electron chi connectivity index (χ4n) is 5.03. The van der Waals surface area contributed by atoms with Crippen molar-refractivity contribution in [2.75, 3.05) is 39.4 Å². The van der Waals surface area contributed by atoms with Gasteiger partial charge in [-0.2, -0.15) is 5.10 Å². The zero-order chi connectivity index (χ0) is 31.9. The first kappa shape index (κ1) is 32.3. The molecule has 1 aliphatic carbocycles. The Bertz CT molecular complexity index is 1360. The number of amides is 3. The molecule has 1 aliphatic heterocycles. The zero-order valence-corrected chi connectivity index (χ0v) is 25.2. The van der Waals surface area contributed by atoms with Gasteiger partial charge in [-0.15, -0.1) is 0 Å². The number of carboxylic acids is 1.